The van der Waals surface area contributed by atoms with Gasteiger partial charge in [0.2, 0.25) is 0 Å². The van der Waals surface area contributed by atoms with Crippen LogP contribution in [0.5, 0.6) is 0 Å². The van der Waals surface area contributed by atoms with E-state index in [4.69, 9.17) is 5.73 Å². The summed E-state index contributed by atoms with van der Waals surface area (Å²) in [5, 5.41) is 6.62. The zero-order chi connectivity index (χ0) is 19.2. The molecule has 0 saturated heterocycles. The van der Waals surface area contributed by atoms with Gasteiger partial charge in [-0.15, -0.1) is 0 Å². The summed E-state index contributed by atoms with van der Waals surface area (Å²) in [7, 11) is -10.8. The van der Waals surface area contributed by atoms with Gasteiger partial charge >= 0.3 is 15.2 Å². The maximum absolute atomic E-state index is 11.4. The maximum atomic E-state index is 11.4. The predicted octanol–water partition coefficient (Wildman–Crippen LogP) is 2.77. The molecular weight excluding hydrogens is 368 g/mol. The van der Waals surface area contributed by atoms with Crippen LogP contribution in [0.2, 0.25) is 0 Å². The van der Waals surface area contributed by atoms with Crippen molar-refractivity contribution in [3.63, 3.8) is 0 Å². The molecular formula is C15H33NO7P2. The largest absolute Gasteiger partial charge is 0.369 e. The highest BCUT2D eigenvalue weighted by atomic mass is 31.2. The Morgan fingerprint density at radius 2 is 1.16 bits per heavy atom. The number of rotatable bonds is 6. The summed E-state index contributed by atoms with van der Waals surface area (Å²) in [4.78, 5) is 36.8. The van der Waals surface area contributed by atoms with Crippen LogP contribution < -0.4 is 5.73 Å². The lowest BCUT2D eigenvalue weighted by atomic mass is 9.83. The number of hydrogen-bond acceptors (Lipinski definition) is 4. The topological polar surface area (TPSA) is 161 Å². The van der Waals surface area contributed by atoms with Crippen molar-refractivity contribution in [3.8, 4) is 0 Å². The van der Waals surface area contributed by atoms with Gasteiger partial charge in [0.15, 0.2) is 0 Å². The molecule has 0 aromatic carbocycles. The number of nitrogens with two attached hydrogens (primary N) is 1. The van der Waals surface area contributed by atoms with E-state index in [1.54, 1.807) is 0 Å². The smallest absolute Gasteiger partial charge is 0.368 e. The van der Waals surface area contributed by atoms with Gasteiger partial charge in [0.1, 0.15) is 0 Å². The zero-order valence-electron chi connectivity index (χ0n) is 14.7. The molecule has 0 aliphatic heterocycles. The van der Waals surface area contributed by atoms with Crippen LogP contribution in [0.15, 0.2) is 0 Å². The quantitative estimate of drug-likeness (QED) is 0.370. The molecule has 0 amide bonds. The highest BCUT2D eigenvalue weighted by molar-refractivity contribution is 7.72. The van der Waals surface area contributed by atoms with E-state index in [0.717, 1.165) is 38.5 Å². The van der Waals surface area contributed by atoms with Crippen molar-refractivity contribution in [2.45, 2.75) is 94.1 Å². The van der Waals surface area contributed by atoms with Crippen molar-refractivity contribution < 1.29 is 33.8 Å². The van der Waals surface area contributed by atoms with Crippen molar-refractivity contribution in [2.75, 3.05) is 0 Å². The van der Waals surface area contributed by atoms with Gasteiger partial charge in [0.05, 0.1) is 0 Å². The fourth-order valence-electron chi connectivity index (χ4n) is 3.53. The lowest BCUT2D eigenvalue weighted by molar-refractivity contribution is 0.117. The summed E-state index contributed by atoms with van der Waals surface area (Å²) >= 11 is 0. The van der Waals surface area contributed by atoms with Crippen LogP contribution in [-0.2, 0) is 9.13 Å². The van der Waals surface area contributed by atoms with Crippen LogP contribution >= 0.6 is 15.2 Å². The van der Waals surface area contributed by atoms with Crippen LogP contribution in [0.25, 0.3) is 0 Å². The Hall–Kier alpha value is 0.220. The summed E-state index contributed by atoms with van der Waals surface area (Å²) in [6.45, 7) is 0. The molecule has 0 aromatic rings. The molecule has 10 heteroatoms. The Balaban J connectivity index is 2.71. The molecule has 0 radical (unpaired) electrons. The normalized spacial score (nSPS) is 21.5. The highest BCUT2D eigenvalue weighted by Gasteiger charge is 2.58. The molecule has 1 aliphatic carbocycles. The SMILES string of the molecule is NC1(CCCC(O)(P(=O)(O)O)P(=O)(O)O)CCCCCCCCCC1. The second kappa shape index (κ2) is 9.43. The van der Waals surface area contributed by atoms with E-state index >= 15 is 0 Å². The highest BCUT2D eigenvalue weighted by Crippen LogP contribution is 2.69. The minimum Gasteiger partial charge on any atom is -0.368 e. The van der Waals surface area contributed by atoms with E-state index < -0.39 is 32.2 Å². The van der Waals surface area contributed by atoms with Crippen LogP contribution in [-0.4, -0.2) is 35.3 Å². The van der Waals surface area contributed by atoms with Crippen LogP contribution in [0.1, 0.15) is 83.5 Å². The second-order valence-corrected chi connectivity index (χ2v) is 11.4. The van der Waals surface area contributed by atoms with E-state index in [9.17, 15) is 33.8 Å². The molecule has 0 spiro atoms. The zero-order valence-corrected chi connectivity index (χ0v) is 16.5. The van der Waals surface area contributed by atoms with Gasteiger partial charge in [0, 0.05) is 5.54 Å². The van der Waals surface area contributed by atoms with E-state index in [-0.39, 0.29) is 6.42 Å². The van der Waals surface area contributed by atoms with Crippen molar-refractivity contribution in [1.29, 1.82) is 0 Å². The molecule has 8 nitrogen and oxygen atoms in total. The van der Waals surface area contributed by atoms with E-state index in [1.165, 1.54) is 25.7 Å². The molecule has 25 heavy (non-hydrogen) atoms. The minimum atomic E-state index is -5.38. The van der Waals surface area contributed by atoms with Gasteiger partial charge in [-0.3, -0.25) is 9.13 Å². The molecule has 0 aromatic heterocycles. The third-order valence-corrected chi connectivity index (χ3v) is 9.10. The van der Waals surface area contributed by atoms with Gasteiger partial charge in [0.25, 0.3) is 5.08 Å². The Labute approximate surface area is 149 Å². The van der Waals surface area contributed by atoms with Gasteiger partial charge in [-0.1, -0.05) is 51.4 Å². The Kier molecular flexibility index (Phi) is 8.77. The van der Waals surface area contributed by atoms with Crippen LogP contribution in [0.3, 0.4) is 0 Å². The van der Waals surface area contributed by atoms with Crippen molar-refractivity contribution >= 4 is 15.2 Å². The van der Waals surface area contributed by atoms with E-state index in [1.807, 2.05) is 0 Å². The van der Waals surface area contributed by atoms with Gasteiger partial charge < -0.3 is 30.4 Å². The molecule has 0 bridgehead atoms. The van der Waals surface area contributed by atoms with Crippen LogP contribution in [0, 0.1) is 0 Å². The average molecular weight is 401 g/mol. The molecule has 150 valence electrons. The third kappa shape index (κ3) is 7.04. The summed E-state index contributed by atoms with van der Waals surface area (Å²) in [6, 6.07) is 0. The molecule has 7 N–H and O–H groups in total. The molecule has 1 aliphatic rings. The van der Waals surface area contributed by atoms with Gasteiger partial charge in [-0.05, 0) is 32.1 Å². The van der Waals surface area contributed by atoms with Gasteiger partial charge in [-0.2, -0.15) is 0 Å². The first-order valence-electron chi connectivity index (χ1n) is 9.04. The average Bonchev–Trinajstić information content (AvgIpc) is 2.50. The lowest BCUT2D eigenvalue weighted by Gasteiger charge is -2.33. The van der Waals surface area contributed by atoms with E-state index in [2.05, 4.69) is 0 Å². The Morgan fingerprint density at radius 1 is 0.800 bits per heavy atom. The lowest BCUT2D eigenvalue weighted by Crippen LogP contribution is -2.40. The summed E-state index contributed by atoms with van der Waals surface area (Å²) < 4.78 is 22.8. The monoisotopic (exact) mass is 401 g/mol. The fourth-order valence-corrected chi connectivity index (χ4v) is 5.78. The van der Waals surface area contributed by atoms with Crippen LogP contribution in [0.4, 0.5) is 0 Å². The first kappa shape index (κ1) is 23.3. The molecule has 1 rings (SSSR count). The predicted molar refractivity (Wildman–Crippen MR) is 96.0 cm³/mol. The first-order chi connectivity index (χ1) is 11.4. The summed E-state index contributed by atoms with van der Waals surface area (Å²) in [5.41, 5.74) is 5.96. The van der Waals surface area contributed by atoms with Crippen molar-refractivity contribution in [1.82, 2.24) is 0 Å². The minimum absolute atomic E-state index is 0.0449. The fraction of sp³-hybridized carbons (Fsp3) is 1.00. The summed E-state index contributed by atoms with van der Waals surface area (Å²) in [5.74, 6) is 0. The summed E-state index contributed by atoms with van der Waals surface area (Å²) in [6.07, 6.45) is 10.2. The van der Waals surface area contributed by atoms with E-state index in [0.29, 0.717) is 6.42 Å². The number of aliphatic hydroxyl groups is 1. The third-order valence-electron chi connectivity index (χ3n) is 5.22. The maximum Gasteiger partial charge on any atom is 0.369 e. The number of hydrogen-bond donors (Lipinski definition) is 6. The molecule has 0 heterocycles. The standard InChI is InChI=1S/C15H33NO7P2/c16-14(10-7-5-3-1-2-4-6-8-11-14)12-9-13-15(17,24(18,19)20)25(21,22)23/h17H,1-13,16H2,(H2,18,19,20)(H2,21,22,23). The Bertz CT molecular complexity index is 468. The van der Waals surface area contributed by atoms with Crippen molar-refractivity contribution in [3.05, 3.63) is 0 Å². The second-order valence-electron chi connectivity index (χ2n) is 7.41. The molecule has 0 unspecified atom stereocenters. The van der Waals surface area contributed by atoms with Gasteiger partial charge in [-0.25, -0.2) is 0 Å². The molecule has 0 atom stereocenters. The molecule has 1 fully saturated rings. The molecule has 1 saturated carbocycles. The first-order valence-corrected chi connectivity index (χ1v) is 12.3. The Morgan fingerprint density at radius 3 is 1.52 bits per heavy atom. The van der Waals surface area contributed by atoms with Crippen molar-refractivity contribution in [2.24, 2.45) is 5.73 Å².